The molecule has 26 heavy (non-hydrogen) atoms. The van der Waals surface area contributed by atoms with Crippen molar-refractivity contribution in [3.05, 3.63) is 41.0 Å². The summed E-state index contributed by atoms with van der Waals surface area (Å²) in [5, 5.41) is 4.09. The first kappa shape index (κ1) is 18.6. The molecular formula is C20H23ClN2O3. The molecule has 1 aromatic carbocycles. The summed E-state index contributed by atoms with van der Waals surface area (Å²) in [7, 11) is 0. The number of carbonyl (C=O) groups excluding carboxylic acids is 2. The van der Waals surface area contributed by atoms with Crippen LogP contribution in [0.25, 0.3) is 10.9 Å². The summed E-state index contributed by atoms with van der Waals surface area (Å²) >= 11 is 5.86. The van der Waals surface area contributed by atoms with E-state index in [1.165, 1.54) is 19.3 Å². The van der Waals surface area contributed by atoms with E-state index in [-0.39, 0.29) is 5.91 Å². The molecule has 1 aromatic heterocycles. The molecule has 1 N–H and O–H groups in total. The van der Waals surface area contributed by atoms with Gasteiger partial charge in [0.25, 0.3) is 5.91 Å². The third-order valence-electron chi connectivity index (χ3n) is 4.83. The number of benzene rings is 1. The van der Waals surface area contributed by atoms with E-state index in [4.69, 9.17) is 16.3 Å². The number of nitrogens with zero attached hydrogens (tertiary/aromatic N) is 1. The van der Waals surface area contributed by atoms with Crippen LogP contribution in [0, 0.1) is 5.92 Å². The number of fused-ring (bicyclic) bond motifs is 1. The van der Waals surface area contributed by atoms with Gasteiger partial charge in [-0.3, -0.25) is 4.79 Å². The maximum absolute atomic E-state index is 12.3. The van der Waals surface area contributed by atoms with Gasteiger partial charge in [-0.25, -0.2) is 9.78 Å². The number of aromatic nitrogens is 1. The number of rotatable bonds is 5. The fraction of sp³-hybridized carbons (Fsp3) is 0.450. The van der Waals surface area contributed by atoms with Gasteiger partial charge in [0.1, 0.15) is 5.15 Å². The van der Waals surface area contributed by atoms with Crippen LogP contribution in [-0.4, -0.2) is 29.5 Å². The van der Waals surface area contributed by atoms with E-state index in [1.807, 2.05) is 0 Å². The molecule has 1 heterocycles. The van der Waals surface area contributed by atoms with Gasteiger partial charge in [-0.15, -0.1) is 0 Å². The number of esters is 1. The fourth-order valence-corrected chi connectivity index (χ4v) is 3.44. The third kappa shape index (κ3) is 4.73. The highest BCUT2D eigenvalue weighted by atomic mass is 35.5. The van der Waals surface area contributed by atoms with Crippen LogP contribution in [0.5, 0.6) is 0 Å². The Hall–Kier alpha value is -2.14. The second-order valence-electron chi connectivity index (χ2n) is 6.84. The minimum absolute atomic E-state index is 0.252. The van der Waals surface area contributed by atoms with Crippen LogP contribution in [0.3, 0.4) is 0 Å². The Labute approximate surface area is 158 Å². The van der Waals surface area contributed by atoms with Crippen molar-refractivity contribution in [1.82, 2.24) is 10.3 Å². The minimum atomic E-state index is -0.829. The Bertz CT molecular complexity index is 803. The smallest absolute Gasteiger partial charge is 0.338 e. The zero-order valence-electron chi connectivity index (χ0n) is 14.8. The number of hydrogen-bond donors (Lipinski definition) is 1. The summed E-state index contributed by atoms with van der Waals surface area (Å²) < 4.78 is 5.31. The molecule has 0 radical (unpaired) electrons. The van der Waals surface area contributed by atoms with Crippen molar-refractivity contribution in [1.29, 1.82) is 0 Å². The maximum Gasteiger partial charge on any atom is 0.338 e. The summed E-state index contributed by atoms with van der Waals surface area (Å²) in [4.78, 5) is 28.7. The molecule has 1 atom stereocenters. The fourth-order valence-electron chi connectivity index (χ4n) is 3.29. The molecule has 0 spiro atoms. The van der Waals surface area contributed by atoms with Crippen LogP contribution in [-0.2, 0) is 9.53 Å². The van der Waals surface area contributed by atoms with Gasteiger partial charge in [0.2, 0.25) is 0 Å². The molecular weight excluding hydrogens is 352 g/mol. The predicted octanol–water partition coefficient (Wildman–Crippen LogP) is 4.13. The lowest BCUT2D eigenvalue weighted by Gasteiger charge is -2.22. The molecule has 1 unspecified atom stereocenters. The first-order chi connectivity index (χ1) is 12.5. The van der Waals surface area contributed by atoms with Crippen molar-refractivity contribution in [2.45, 2.75) is 45.1 Å². The Morgan fingerprint density at radius 3 is 2.77 bits per heavy atom. The quantitative estimate of drug-likeness (QED) is 0.631. The molecule has 0 saturated heterocycles. The summed E-state index contributed by atoms with van der Waals surface area (Å²) in [6.45, 7) is 2.25. The first-order valence-electron chi connectivity index (χ1n) is 9.08. The summed E-state index contributed by atoms with van der Waals surface area (Å²) in [6, 6.07) is 8.49. The van der Waals surface area contributed by atoms with Gasteiger partial charge in [-0.2, -0.15) is 0 Å². The number of hydrogen-bond acceptors (Lipinski definition) is 4. The lowest BCUT2D eigenvalue weighted by atomic mass is 9.89. The largest absolute Gasteiger partial charge is 0.449 e. The lowest BCUT2D eigenvalue weighted by molar-refractivity contribution is -0.129. The highest BCUT2D eigenvalue weighted by Crippen LogP contribution is 2.23. The molecule has 1 amide bonds. The molecule has 1 aliphatic carbocycles. The second kappa shape index (κ2) is 8.49. The van der Waals surface area contributed by atoms with Gasteiger partial charge in [0.05, 0.1) is 11.1 Å². The standard InChI is InChI=1S/C20H23ClN2O3/c1-13(19(24)22-12-14-5-3-2-4-6-14)26-20(25)16-7-9-17-15(11-16)8-10-18(21)23-17/h7-11,13-14H,2-6,12H2,1H3,(H,22,24). The van der Waals surface area contributed by atoms with Gasteiger partial charge in [0.15, 0.2) is 6.10 Å². The van der Waals surface area contributed by atoms with Crippen molar-refractivity contribution in [2.75, 3.05) is 6.54 Å². The Balaban J connectivity index is 1.56. The van der Waals surface area contributed by atoms with Crippen molar-refractivity contribution < 1.29 is 14.3 Å². The van der Waals surface area contributed by atoms with Crippen molar-refractivity contribution >= 4 is 34.4 Å². The highest BCUT2D eigenvalue weighted by molar-refractivity contribution is 6.29. The average Bonchev–Trinajstić information content (AvgIpc) is 2.66. The molecule has 5 nitrogen and oxygen atoms in total. The zero-order valence-corrected chi connectivity index (χ0v) is 15.6. The molecule has 1 fully saturated rings. The summed E-state index contributed by atoms with van der Waals surface area (Å²) in [5.74, 6) is -0.240. The SMILES string of the molecule is CC(OC(=O)c1ccc2nc(Cl)ccc2c1)C(=O)NCC1CCCCC1. The zero-order chi connectivity index (χ0) is 18.5. The van der Waals surface area contributed by atoms with Gasteiger partial charge in [0, 0.05) is 11.9 Å². The summed E-state index contributed by atoms with van der Waals surface area (Å²) in [5.41, 5.74) is 1.08. The Morgan fingerprint density at radius 1 is 1.23 bits per heavy atom. The van der Waals surface area contributed by atoms with Crippen LogP contribution >= 0.6 is 11.6 Å². The number of nitrogens with one attached hydrogen (secondary N) is 1. The van der Waals surface area contributed by atoms with Crippen molar-refractivity contribution in [2.24, 2.45) is 5.92 Å². The average molecular weight is 375 g/mol. The van der Waals surface area contributed by atoms with Gasteiger partial charge in [-0.1, -0.05) is 30.9 Å². The molecule has 138 valence electrons. The van der Waals surface area contributed by atoms with E-state index in [2.05, 4.69) is 10.3 Å². The third-order valence-corrected chi connectivity index (χ3v) is 5.04. The topological polar surface area (TPSA) is 68.3 Å². The van der Waals surface area contributed by atoms with Crippen molar-refractivity contribution in [3.63, 3.8) is 0 Å². The number of pyridine rings is 1. The Kier molecular flexibility index (Phi) is 6.09. The number of halogens is 1. The molecule has 0 aliphatic heterocycles. The van der Waals surface area contributed by atoms with Crippen LogP contribution < -0.4 is 5.32 Å². The second-order valence-corrected chi connectivity index (χ2v) is 7.23. The van der Waals surface area contributed by atoms with E-state index in [0.717, 1.165) is 18.2 Å². The molecule has 6 heteroatoms. The van der Waals surface area contributed by atoms with E-state index in [1.54, 1.807) is 37.3 Å². The molecule has 1 saturated carbocycles. The van der Waals surface area contributed by atoms with E-state index in [9.17, 15) is 9.59 Å². The van der Waals surface area contributed by atoms with E-state index < -0.39 is 12.1 Å². The van der Waals surface area contributed by atoms with E-state index in [0.29, 0.717) is 28.7 Å². The normalized spacial score (nSPS) is 16.2. The Morgan fingerprint density at radius 2 is 2.00 bits per heavy atom. The number of amides is 1. The highest BCUT2D eigenvalue weighted by Gasteiger charge is 2.21. The molecule has 3 rings (SSSR count). The summed E-state index contributed by atoms with van der Waals surface area (Å²) in [6.07, 6.45) is 5.23. The van der Waals surface area contributed by atoms with Crippen LogP contribution in [0.4, 0.5) is 0 Å². The molecule has 2 aromatic rings. The lowest BCUT2D eigenvalue weighted by Crippen LogP contribution is -2.38. The van der Waals surface area contributed by atoms with Crippen LogP contribution in [0.1, 0.15) is 49.4 Å². The minimum Gasteiger partial charge on any atom is -0.449 e. The number of carbonyl (C=O) groups is 2. The molecule has 1 aliphatic rings. The van der Waals surface area contributed by atoms with Gasteiger partial charge < -0.3 is 10.1 Å². The van der Waals surface area contributed by atoms with E-state index >= 15 is 0 Å². The van der Waals surface area contributed by atoms with Crippen LogP contribution in [0.2, 0.25) is 5.15 Å². The van der Waals surface area contributed by atoms with Crippen LogP contribution in [0.15, 0.2) is 30.3 Å². The number of ether oxygens (including phenoxy) is 1. The monoisotopic (exact) mass is 374 g/mol. The molecule has 0 bridgehead atoms. The van der Waals surface area contributed by atoms with Gasteiger partial charge >= 0.3 is 5.97 Å². The van der Waals surface area contributed by atoms with Gasteiger partial charge in [-0.05, 0) is 56.0 Å². The maximum atomic E-state index is 12.3. The van der Waals surface area contributed by atoms with Crippen molar-refractivity contribution in [3.8, 4) is 0 Å². The predicted molar refractivity (Wildman–Crippen MR) is 101 cm³/mol. The first-order valence-corrected chi connectivity index (χ1v) is 9.46.